The zero-order valence-corrected chi connectivity index (χ0v) is 13.4. The van der Waals surface area contributed by atoms with Gasteiger partial charge in [-0.3, -0.25) is 20.5 Å². The van der Waals surface area contributed by atoms with Gasteiger partial charge in [-0.25, -0.2) is 0 Å². The van der Waals surface area contributed by atoms with Crippen molar-refractivity contribution < 1.29 is 4.92 Å². The van der Waals surface area contributed by atoms with Gasteiger partial charge >= 0.3 is 0 Å². The quantitative estimate of drug-likeness (QED) is 0.443. The molecule has 0 radical (unpaired) electrons. The second kappa shape index (κ2) is 6.45. The number of aromatic nitrogens is 1. The zero-order chi connectivity index (χ0) is 17.1. The number of non-ortho nitro benzene ring substituents is 1. The molecule has 0 unspecified atom stereocenters. The SMILES string of the molecule is Cc1ccc2c(N/N=C/c3cccc([N+](=O)[O-])c3)cc(C)nc2c1. The second-order valence-electron chi connectivity index (χ2n) is 5.55. The number of pyridine rings is 1. The van der Waals surface area contributed by atoms with E-state index < -0.39 is 4.92 Å². The molecule has 6 heteroatoms. The summed E-state index contributed by atoms with van der Waals surface area (Å²) in [6.07, 6.45) is 1.56. The Labute approximate surface area is 139 Å². The normalized spacial score (nSPS) is 11.1. The Balaban J connectivity index is 1.88. The summed E-state index contributed by atoms with van der Waals surface area (Å²) in [5, 5.41) is 16.0. The Morgan fingerprint density at radius 1 is 1.17 bits per heavy atom. The monoisotopic (exact) mass is 320 g/mol. The molecule has 3 rings (SSSR count). The molecule has 1 heterocycles. The van der Waals surface area contributed by atoms with Crippen LogP contribution in [0.4, 0.5) is 11.4 Å². The first kappa shape index (κ1) is 15.6. The standard InChI is InChI=1S/C18H16N4O2/c1-12-6-7-16-17(8-12)20-13(2)9-18(16)21-19-11-14-4-3-5-15(10-14)22(23)24/h3-11H,1-2H3,(H,20,21)/b19-11+. The smallest absolute Gasteiger partial charge is 0.270 e. The van der Waals surface area contributed by atoms with E-state index in [9.17, 15) is 10.1 Å². The Bertz CT molecular complexity index is 946. The summed E-state index contributed by atoms with van der Waals surface area (Å²) >= 11 is 0. The maximum atomic E-state index is 10.8. The molecule has 0 saturated heterocycles. The first-order valence-corrected chi connectivity index (χ1v) is 7.44. The van der Waals surface area contributed by atoms with Crippen molar-refractivity contribution in [1.29, 1.82) is 0 Å². The summed E-state index contributed by atoms with van der Waals surface area (Å²) in [7, 11) is 0. The minimum absolute atomic E-state index is 0.0413. The largest absolute Gasteiger partial charge is 0.278 e. The highest BCUT2D eigenvalue weighted by molar-refractivity contribution is 5.92. The van der Waals surface area contributed by atoms with E-state index in [-0.39, 0.29) is 5.69 Å². The highest BCUT2D eigenvalue weighted by Gasteiger charge is 2.05. The minimum atomic E-state index is -0.424. The summed E-state index contributed by atoms with van der Waals surface area (Å²) in [5.41, 5.74) is 7.49. The number of aryl methyl sites for hydroxylation is 2. The maximum absolute atomic E-state index is 10.8. The predicted octanol–water partition coefficient (Wildman–Crippen LogP) is 4.21. The van der Waals surface area contributed by atoms with Crippen LogP contribution in [0.25, 0.3) is 10.9 Å². The second-order valence-corrected chi connectivity index (χ2v) is 5.55. The van der Waals surface area contributed by atoms with E-state index >= 15 is 0 Å². The number of nitrogens with zero attached hydrogens (tertiary/aromatic N) is 3. The van der Waals surface area contributed by atoms with E-state index in [0.29, 0.717) is 5.56 Å². The molecule has 0 fully saturated rings. The van der Waals surface area contributed by atoms with Crippen LogP contribution in [0.1, 0.15) is 16.8 Å². The van der Waals surface area contributed by atoms with Crippen LogP contribution in [0.15, 0.2) is 53.6 Å². The minimum Gasteiger partial charge on any atom is -0.278 e. The van der Waals surface area contributed by atoms with Gasteiger partial charge in [0.1, 0.15) is 0 Å². The van der Waals surface area contributed by atoms with Gasteiger partial charge in [0.05, 0.1) is 22.3 Å². The number of nitrogens with one attached hydrogen (secondary N) is 1. The summed E-state index contributed by atoms with van der Waals surface area (Å²) in [5.74, 6) is 0. The van der Waals surface area contributed by atoms with Crippen molar-refractivity contribution >= 4 is 28.5 Å². The topological polar surface area (TPSA) is 80.4 Å². The molecule has 0 aliphatic carbocycles. The van der Waals surface area contributed by atoms with E-state index in [1.54, 1.807) is 18.3 Å². The molecule has 0 spiro atoms. The fourth-order valence-electron chi connectivity index (χ4n) is 2.46. The third-order valence-electron chi connectivity index (χ3n) is 3.57. The highest BCUT2D eigenvalue weighted by Crippen LogP contribution is 2.24. The van der Waals surface area contributed by atoms with Gasteiger partial charge in [0.2, 0.25) is 0 Å². The van der Waals surface area contributed by atoms with Gasteiger partial charge in [0, 0.05) is 28.8 Å². The summed E-state index contributed by atoms with van der Waals surface area (Å²) in [6.45, 7) is 3.95. The number of benzene rings is 2. The fourth-order valence-corrected chi connectivity index (χ4v) is 2.46. The van der Waals surface area contributed by atoms with E-state index in [2.05, 4.69) is 15.5 Å². The lowest BCUT2D eigenvalue weighted by Crippen LogP contribution is -1.95. The number of nitro groups is 1. The number of hydrogen-bond acceptors (Lipinski definition) is 5. The van der Waals surface area contributed by atoms with E-state index in [4.69, 9.17) is 0 Å². The maximum Gasteiger partial charge on any atom is 0.270 e. The summed E-state index contributed by atoms with van der Waals surface area (Å²) < 4.78 is 0. The lowest BCUT2D eigenvalue weighted by Gasteiger charge is -2.07. The third kappa shape index (κ3) is 3.38. The fraction of sp³-hybridized carbons (Fsp3) is 0.111. The average Bonchev–Trinajstić information content (AvgIpc) is 2.54. The molecule has 1 aromatic heterocycles. The van der Waals surface area contributed by atoms with Crippen LogP contribution >= 0.6 is 0 Å². The molecule has 24 heavy (non-hydrogen) atoms. The van der Waals surface area contributed by atoms with Gasteiger partial charge < -0.3 is 0 Å². The van der Waals surface area contributed by atoms with Gasteiger partial charge in [0.25, 0.3) is 5.69 Å². The molecule has 2 aromatic carbocycles. The van der Waals surface area contributed by atoms with Crippen molar-refractivity contribution in [3.63, 3.8) is 0 Å². The zero-order valence-electron chi connectivity index (χ0n) is 13.4. The van der Waals surface area contributed by atoms with Crippen LogP contribution < -0.4 is 5.43 Å². The molecule has 120 valence electrons. The lowest BCUT2D eigenvalue weighted by molar-refractivity contribution is -0.384. The molecule has 1 N–H and O–H groups in total. The third-order valence-corrected chi connectivity index (χ3v) is 3.57. The van der Waals surface area contributed by atoms with Crippen molar-refractivity contribution in [3.8, 4) is 0 Å². The van der Waals surface area contributed by atoms with Crippen LogP contribution in [0.3, 0.4) is 0 Å². The molecule has 0 saturated carbocycles. The van der Waals surface area contributed by atoms with Crippen LogP contribution in [-0.2, 0) is 0 Å². The Kier molecular flexibility index (Phi) is 4.20. The van der Waals surface area contributed by atoms with Crippen molar-refractivity contribution in [2.45, 2.75) is 13.8 Å². The van der Waals surface area contributed by atoms with Gasteiger partial charge in [-0.05, 0) is 31.5 Å². The van der Waals surface area contributed by atoms with E-state index in [1.165, 1.54) is 12.1 Å². The Morgan fingerprint density at radius 3 is 2.79 bits per heavy atom. The summed E-state index contributed by atoms with van der Waals surface area (Å²) in [6, 6.07) is 14.3. The molecule has 3 aromatic rings. The Hall–Kier alpha value is -3.28. The van der Waals surface area contributed by atoms with Crippen molar-refractivity contribution in [2.75, 3.05) is 5.43 Å². The number of rotatable bonds is 4. The Morgan fingerprint density at radius 2 is 2.00 bits per heavy atom. The van der Waals surface area contributed by atoms with Crippen molar-refractivity contribution in [1.82, 2.24) is 4.98 Å². The van der Waals surface area contributed by atoms with E-state index in [1.807, 2.05) is 38.1 Å². The average molecular weight is 320 g/mol. The first-order valence-electron chi connectivity index (χ1n) is 7.44. The number of hydrazone groups is 1. The van der Waals surface area contributed by atoms with Gasteiger partial charge in [-0.1, -0.05) is 24.3 Å². The summed E-state index contributed by atoms with van der Waals surface area (Å²) in [4.78, 5) is 14.9. The van der Waals surface area contributed by atoms with E-state index in [0.717, 1.165) is 27.8 Å². The molecule has 6 nitrogen and oxygen atoms in total. The molecule has 0 aliphatic rings. The van der Waals surface area contributed by atoms with Crippen LogP contribution in [0.5, 0.6) is 0 Å². The van der Waals surface area contributed by atoms with Gasteiger partial charge in [-0.2, -0.15) is 5.10 Å². The molecule has 0 amide bonds. The molecule has 0 atom stereocenters. The van der Waals surface area contributed by atoms with Crippen LogP contribution in [-0.4, -0.2) is 16.1 Å². The van der Waals surface area contributed by atoms with Crippen LogP contribution in [0.2, 0.25) is 0 Å². The predicted molar refractivity (Wildman–Crippen MR) is 95.5 cm³/mol. The first-order chi connectivity index (χ1) is 11.5. The highest BCUT2D eigenvalue weighted by atomic mass is 16.6. The van der Waals surface area contributed by atoms with Crippen molar-refractivity contribution in [2.24, 2.45) is 5.10 Å². The number of fused-ring (bicyclic) bond motifs is 1. The van der Waals surface area contributed by atoms with Gasteiger partial charge in [0.15, 0.2) is 0 Å². The molecular weight excluding hydrogens is 304 g/mol. The lowest BCUT2D eigenvalue weighted by atomic mass is 10.1. The number of anilines is 1. The van der Waals surface area contributed by atoms with Crippen molar-refractivity contribution in [3.05, 3.63) is 75.5 Å². The van der Waals surface area contributed by atoms with Crippen LogP contribution in [0, 0.1) is 24.0 Å². The molecule has 0 bridgehead atoms. The molecule has 0 aliphatic heterocycles. The number of hydrogen-bond donors (Lipinski definition) is 1. The number of nitro benzene ring substituents is 1. The van der Waals surface area contributed by atoms with Gasteiger partial charge in [-0.15, -0.1) is 0 Å². The molecular formula is C18H16N4O2.